The van der Waals surface area contributed by atoms with Gasteiger partial charge in [0.05, 0.1) is 0 Å². The van der Waals surface area contributed by atoms with E-state index in [1.807, 2.05) is 38.1 Å². The molecule has 0 saturated heterocycles. The Morgan fingerprint density at radius 2 is 1.95 bits per heavy atom. The number of benzene rings is 2. The Kier molecular flexibility index (Phi) is 4.85. The minimum atomic E-state index is -0.198. The van der Waals surface area contributed by atoms with Gasteiger partial charge >= 0.3 is 0 Å². The second-order valence-electron chi connectivity index (χ2n) is 4.82. The van der Waals surface area contributed by atoms with Crippen LogP contribution in [0.5, 0.6) is 5.75 Å². The van der Waals surface area contributed by atoms with Crippen LogP contribution in [0.15, 0.2) is 40.9 Å². The van der Waals surface area contributed by atoms with Crippen LogP contribution in [0.2, 0.25) is 0 Å². The van der Waals surface area contributed by atoms with Gasteiger partial charge in [0.15, 0.2) is 6.61 Å². The summed E-state index contributed by atoms with van der Waals surface area (Å²) in [4.78, 5) is 11.9. The molecule has 0 radical (unpaired) electrons. The van der Waals surface area contributed by atoms with E-state index in [4.69, 9.17) is 10.5 Å². The fourth-order valence-electron chi connectivity index (χ4n) is 1.93. The summed E-state index contributed by atoms with van der Waals surface area (Å²) in [7, 11) is 0. The van der Waals surface area contributed by atoms with Crippen LogP contribution in [0.3, 0.4) is 0 Å². The van der Waals surface area contributed by atoms with E-state index < -0.39 is 0 Å². The monoisotopic (exact) mass is 348 g/mol. The van der Waals surface area contributed by atoms with Gasteiger partial charge in [-0.2, -0.15) is 0 Å². The zero-order valence-electron chi connectivity index (χ0n) is 11.9. The quantitative estimate of drug-likeness (QED) is 0.828. The van der Waals surface area contributed by atoms with Crippen LogP contribution in [0.4, 0.5) is 11.4 Å². The number of rotatable bonds is 4. The second kappa shape index (κ2) is 6.63. The Morgan fingerprint density at radius 1 is 1.19 bits per heavy atom. The summed E-state index contributed by atoms with van der Waals surface area (Å²) in [6, 6.07) is 11.0. The molecule has 0 unspecified atom stereocenters. The average Bonchev–Trinajstić information content (AvgIpc) is 2.41. The van der Waals surface area contributed by atoms with Crippen LogP contribution in [0.1, 0.15) is 11.1 Å². The molecule has 2 aromatic rings. The Balaban J connectivity index is 1.96. The number of aryl methyl sites for hydroxylation is 2. The maximum absolute atomic E-state index is 11.9. The summed E-state index contributed by atoms with van der Waals surface area (Å²) in [5.41, 5.74) is 9.02. The number of nitrogen functional groups attached to an aromatic ring is 1. The first-order valence-electron chi connectivity index (χ1n) is 6.50. The number of amides is 1. The highest BCUT2D eigenvalue weighted by Crippen LogP contribution is 2.21. The van der Waals surface area contributed by atoms with E-state index in [2.05, 4.69) is 21.2 Å². The van der Waals surface area contributed by atoms with Gasteiger partial charge in [-0.05, 0) is 61.4 Å². The van der Waals surface area contributed by atoms with Crippen molar-refractivity contribution >= 4 is 33.2 Å². The van der Waals surface area contributed by atoms with Crippen molar-refractivity contribution in [2.24, 2.45) is 0 Å². The molecule has 4 nitrogen and oxygen atoms in total. The summed E-state index contributed by atoms with van der Waals surface area (Å²) in [5.74, 6) is 0.462. The van der Waals surface area contributed by atoms with E-state index in [9.17, 15) is 4.79 Å². The summed E-state index contributed by atoms with van der Waals surface area (Å²) in [6.07, 6.45) is 0. The predicted molar refractivity (Wildman–Crippen MR) is 88.6 cm³/mol. The number of carbonyl (C=O) groups is 1. The van der Waals surface area contributed by atoms with Gasteiger partial charge in [0.2, 0.25) is 0 Å². The van der Waals surface area contributed by atoms with Crippen LogP contribution in [-0.2, 0) is 4.79 Å². The lowest BCUT2D eigenvalue weighted by atomic mass is 10.2. The molecule has 0 saturated carbocycles. The van der Waals surface area contributed by atoms with Gasteiger partial charge in [-0.25, -0.2) is 0 Å². The maximum atomic E-state index is 11.9. The fourth-order valence-corrected chi connectivity index (χ4v) is 2.41. The summed E-state index contributed by atoms with van der Waals surface area (Å²) >= 11 is 3.39. The normalized spacial score (nSPS) is 10.2. The third-order valence-electron chi connectivity index (χ3n) is 3.02. The lowest BCUT2D eigenvalue weighted by Gasteiger charge is -2.11. The molecule has 0 bridgehead atoms. The van der Waals surface area contributed by atoms with Crippen molar-refractivity contribution in [1.82, 2.24) is 0 Å². The molecule has 1 amide bonds. The Labute approximate surface area is 132 Å². The molecule has 0 aliphatic rings. The Morgan fingerprint density at radius 3 is 2.62 bits per heavy atom. The largest absolute Gasteiger partial charge is 0.483 e. The van der Waals surface area contributed by atoms with E-state index >= 15 is 0 Å². The van der Waals surface area contributed by atoms with Crippen molar-refractivity contribution in [3.63, 3.8) is 0 Å². The number of carbonyl (C=O) groups excluding carboxylic acids is 1. The molecule has 0 aliphatic carbocycles. The zero-order valence-corrected chi connectivity index (χ0v) is 13.5. The van der Waals surface area contributed by atoms with Gasteiger partial charge in [-0.1, -0.05) is 15.9 Å². The second-order valence-corrected chi connectivity index (χ2v) is 5.74. The standard InChI is InChI=1S/C16H17BrN2O2/c1-10-7-12(17)3-5-14(10)19-16(20)9-21-15-6-4-13(18)8-11(15)2/h3-8H,9,18H2,1-2H3,(H,19,20). The summed E-state index contributed by atoms with van der Waals surface area (Å²) in [6.45, 7) is 3.79. The molecule has 21 heavy (non-hydrogen) atoms. The van der Waals surface area contributed by atoms with Crippen LogP contribution in [0.25, 0.3) is 0 Å². The van der Waals surface area contributed by atoms with Gasteiger partial charge in [-0.3, -0.25) is 4.79 Å². The Bertz CT molecular complexity index is 671. The molecule has 0 spiro atoms. The molecule has 3 N–H and O–H groups in total. The molecule has 0 heterocycles. The van der Waals surface area contributed by atoms with Crippen molar-refractivity contribution in [2.75, 3.05) is 17.7 Å². The van der Waals surface area contributed by atoms with Crippen LogP contribution in [0, 0.1) is 13.8 Å². The Hall–Kier alpha value is -2.01. The highest BCUT2D eigenvalue weighted by atomic mass is 79.9. The van der Waals surface area contributed by atoms with Crippen LogP contribution >= 0.6 is 15.9 Å². The van der Waals surface area contributed by atoms with Crippen molar-refractivity contribution in [2.45, 2.75) is 13.8 Å². The molecule has 0 aliphatic heterocycles. The van der Waals surface area contributed by atoms with Gasteiger partial charge in [0.25, 0.3) is 5.91 Å². The first-order chi connectivity index (χ1) is 9.95. The molecule has 5 heteroatoms. The van der Waals surface area contributed by atoms with Gasteiger partial charge in [0.1, 0.15) is 5.75 Å². The molecular formula is C16H17BrN2O2. The van der Waals surface area contributed by atoms with Gasteiger partial charge in [0, 0.05) is 15.8 Å². The van der Waals surface area contributed by atoms with Crippen molar-refractivity contribution in [3.8, 4) is 5.75 Å². The highest BCUT2D eigenvalue weighted by molar-refractivity contribution is 9.10. The maximum Gasteiger partial charge on any atom is 0.262 e. The minimum Gasteiger partial charge on any atom is -0.483 e. The number of anilines is 2. The zero-order chi connectivity index (χ0) is 15.4. The molecule has 2 aromatic carbocycles. The van der Waals surface area contributed by atoms with Gasteiger partial charge in [-0.15, -0.1) is 0 Å². The third-order valence-corrected chi connectivity index (χ3v) is 3.51. The highest BCUT2D eigenvalue weighted by Gasteiger charge is 2.07. The molecule has 0 aromatic heterocycles. The number of hydrogen-bond acceptors (Lipinski definition) is 3. The van der Waals surface area contributed by atoms with Crippen LogP contribution in [-0.4, -0.2) is 12.5 Å². The molecule has 0 atom stereocenters. The summed E-state index contributed by atoms with van der Waals surface area (Å²) in [5, 5.41) is 2.83. The topological polar surface area (TPSA) is 64.3 Å². The number of halogens is 1. The first-order valence-corrected chi connectivity index (χ1v) is 7.30. The van der Waals surface area contributed by atoms with Crippen LogP contribution < -0.4 is 15.8 Å². The minimum absolute atomic E-state index is 0.0414. The summed E-state index contributed by atoms with van der Waals surface area (Å²) < 4.78 is 6.49. The molecule has 110 valence electrons. The van der Waals surface area contributed by atoms with E-state index in [0.717, 1.165) is 21.3 Å². The van der Waals surface area contributed by atoms with E-state index in [1.54, 1.807) is 12.1 Å². The van der Waals surface area contributed by atoms with E-state index in [1.165, 1.54) is 0 Å². The lowest BCUT2D eigenvalue weighted by Crippen LogP contribution is -2.20. The molecule has 0 fully saturated rings. The van der Waals surface area contributed by atoms with Crippen molar-refractivity contribution in [3.05, 3.63) is 52.0 Å². The number of hydrogen-bond donors (Lipinski definition) is 2. The lowest BCUT2D eigenvalue weighted by molar-refractivity contribution is -0.118. The smallest absolute Gasteiger partial charge is 0.262 e. The average molecular weight is 349 g/mol. The number of ether oxygens (including phenoxy) is 1. The van der Waals surface area contributed by atoms with E-state index in [-0.39, 0.29) is 12.5 Å². The van der Waals surface area contributed by atoms with E-state index in [0.29, 0.717) is 11.4 Å². The fraction of sp³-hybridized carbons (Fsp3) is 0.188. The predicted octanol–water partition coefficient (Wildman–Crippen LogP) is 3.67. The number of nitrogens with one attached hydrogen (secondary N) is 1. The van der Waals surface area contributed by atoms with Gasteiger partial charge < -0.3 is 15.8 Å². The van der Waals surface area contributed by atoms with Crippen molar-refractivity contribution in [1.29, 1.82) is 0 Å². The molecule has 2 rings (SSSR count). The number of nitrogens with two attached hydrogens (primary N) is 1. The third kappa shape index (κ3) is 4.23. The SMILES string of the molecule is Cc1cc(Br)ccc1NC(=O)COc1ccc(N)cc1C. The first kappa shape index (κ1) is 15.4. The van der Waals surface area contributed by atoms with Crippen molar-refractivity contribution < 1.29 is 9.53 Å². The molecular weight excluding hydrogens is 332 g/mol.